The lowest BCUT2D eigenvalue weighted by molar-refractivity contribution is 0.234. The van der Waals surface area contributed by atoms with Gasteiger partial charge in [-0.3, -0.25) is 0 Å². The first-order valence-electron chi connectivity index (χ1n) is 10.0. The summed E-state index contributed by atoms with van der Waals surface area (Å²) in [5.74, 6) is 0. The molecule has 0 saturated heterocycles. The van der Waals surface area contributed by atoms with E-state index in [1.54, 1.807) is 0 Å². The highest BCUT2D eigenvalue weighted by atomic mass is 32.1. The summed E-state index contributed by atoms with van der Waals surface area (Å²) in [5, 5.41) is 11.0. The molecule has 0 radical (unpaired) electrons. The van der Waals surface area contributed by atoms with Crippen molar-refractivity contribution in [3.05, 3.63) is 70.6 Å². The lowest BCUT2D eigenvalue weighted by atomic mass is 9.96. The molecule has 2 aromatic carbocycles. The van der Waals surface area contributed by atoms with E-state index in [-0.39, 0.29) is 18.1 Å². The average molecular weight is 394 g/mol. The van der Waals surface area contributed by atoms with Crippen LogP contribution in [0.25, 0.3) is 10.1 Å². The van der Waals surface area contributed by atoms with Crippen molar-refractivity contribution < 1.29 is 4.79 Å². The van der Waals surface area contributed by atoms with Gasteiger partial charge in [-0.2, -0.15) is 0 Å². The Kier molecular flexibility index (Phi) is 5.93. The maximum atomic E-state index is 12.4. The lowest BCUT2D eigenvalue weighted by Crippen LogP contribution is -2.49. The van der Waals surface area contributed by atoms with Gasteiger partial charge in [-0.05, 0) is 41.5 Å². The fourth-order valence-corrected chi connectivity index (χ4v) is 4.94. The zero-order valence-corrected chi connectivity index (χ0v) is 17.0. The van der Waals surface area contributed by atoms with Gasteiger partial charge in [0.15, 0.2) is 0 Å². The van der Waals surface area contributed by atoms with Crippen molar-refractivity contribution in [2.45, 2.75) is 44.8 Å². The number of nitrogens with one attached hydrogen (secondary N) is 3. The van der Waals surface area contributed by atoms with Crippen molar-refractivity contribution in [3.63, 3.8) is 0 Å². The van der Waals surface area contributed by atoms with Gasteiger partial charge in [0.2, 0.25) is 0 Å². The van der Waals surface area contributed by atoms with Crippen molar-refractivity contribution in [2.24, 2.45) is 0 Å². The Balaban J connectivity index is 1.27. The summed E-state index contributed by atoms with van der Waals surface area (Å²) in [6, 6.07) is 19.5. The normalized spacial score (nSPS) is 17.1. The highest BCUT2D eigenvalue weighted by molar-refractivity contribution is 7.19. The maximum absolute atomic E-state index is 12.4. The van der Waals surface area contributed by atoms with E-state index < -0.39 is 0 Å². The molecule has 0 bridgehead atoms. The molecule has 146 valence electrons. The first-order valence-corrected chi connectivity index (χ1v) is 10.8. The number of carbonyl (C=O) groups excluding carboxylic acids is 1. The molecule has 0 spiro atoms. The van der Waals surface area contributed by atoms with E-state index in [2.05, 4.69) is 77.5 Å². The van der Waals surface area contributed by atoms with Crippen molar-refractivity contribution in [1.82, 2.24) is 16.0 Å². The molecule has 3 aromatic rings. The quantitative estimate of drug-likeness (QED) is 0.587. The van der Waals surface area contributed by atoms with E-state index >= 15 is 0 Å². The summed E-state index contributed by atoms with van der Waals surface area (Å²) < 4.78 is 1.31. The lowest BCUT2D eigenvalue weighted by Gasteiger charge is -2.26. The Bertz CT molecular complexity index is 919. The summed E-state index contributed by atoms with van der Waals surface area (Å²) in [7, 11) is 0. The van der Waals surface area contributed by atoms with Crippen LogP contribution in [0.4, 0.5) is 4.79 Å². The fourth-order valence-electron chi connectivity index (χ4n) is 3.80. The van der Waals surface area contributed by atoms with E-state index in [4.69, 9.17) is 0 Å². The predicted octanol–water partition coefficient (Wildman–Crippen LogP) is 4.24. The minimum absolute atomic E-state index is 0.0754. The van der Waals surface area contributed by atoms with E-state index in [0.29, 0.717) is 6.54 Å². The molecule has 4 nitrogen and oxygen atoms in total. The number of rotatable bonds is 6. The summed E-state index contributed by atoms with van der Waals surface area (Å²) in [6.07, 6.45) is 2.74. The number of carbonyl (C=O) groups is 1. The van der Waals surface area contributed by atoms with Crippen LogP contribution in [0.2, 0.25) is 0 Å². The van der Waals surface area contributed by atoms with Gasteiger partial charge in [0.1, 0.15) is 0 Å². The Morgan fingerprint density at radius 1 is 1.18 bits per heavy atom. The van der Waals surface area contributed by atoms with Crippen molar-refractivity contribution in [1.29, 1.82) is 0 Å². The smallest absolute Gasteiger partial charge is 0.315 e. The summed E-state index contributed by atoms with van der Waals surface area (Å²) in [4.78, 5) is 13.7. The monoisotopic (exact) mass is 393 g/mol. The summed E-state index contributed by atoms with van der Waals surface area (Å²) in [5.41, 5.74) is 2.74. The number of hydrogen-bond donors (Lipinski definition) is 3. The van der Waals surface area contributed by atoms with Gasteiger partial charge in [-0.25, -0.2) is 4.79 Å². The van der Waals surface area contributed by atoms with Crippen molar-refractivity contribution in [2.75, 3.05) is 6.54 Å². The second-order valence-corrected chi connectivity index (χ2v) is 8.63. The molecule has 1 aliphatic rings. The van der Waals surface area contributed by atoms with Gasteiger partial charge in [0.05, 0.1) is 0 Å². The highest BCUT2D eigenvalue weighted by Gasteiger charge is 2.19. The molecule has 3 N–H and O–H groups in total. The van der Waals surface area contributed by atoms with Crippen LogP contribution in [0.3, 0.4) is 0 Å². The molecule has 1 aromatic heterocycles. The van der Waals surface area contributed by atoms with Gasteiger partial charge in [0.25, 0.3) is 0 Å². The molecule has 2 amide bonds. The second-order valence-electron chi connectivity index (χ2n) is 7.46. The zero-order chi connectivity index (χ0) is 19.3. The number of fused-ring (bicyclic) bond motifs is 2. The molecular weight excluding hydrogens is 366 g/mol. The van der Waals surface area contributed by atoms with E-state index in [9.17, 15) is 4.79 Å². The van der Waals surface area contributed by atoms with E-state index in [1.807, 2.05) is 11.3 Å². The third-order valence-electron chi connectivity index (χ3n) is 5.43. The molecule has 2 heterocycles. The van der Waals surface area contributed by atoms with Crippen LogP contribution >= 0.6 is 11.3 Å². The van der Waals surface area contributed by atoms with Crippen LogP contribution in [0.15, 0.2) is 54.6 Å². The highest BCUT2D eigenvalue weighted by Crippen LogP contribution is 2.26. The molecule has 1 aliphatic heterocycles. The van der Waals surface area contributed by atoms with E-state index in [0.717, 1.165) is 25.8 Å². The minimum atomic E-state index is -0.0754. The largest absolute Gasteiger partial charge is 0.337 e. The van der Waals surface area contributed by atoms with Gasteiger partial charge in [-0.15, -0.1) is 11.3 Å². The molecule has 0 saturated carbocycles. The van der Waals surface area contributed by atoms with E-state index in [1.165, 1.54) is 26.1 Å². The number of benzene rings is 2. The topological polar surface area (TPSA) is 53.2 Å². The molecule has 4 rings (SSSR count). The number of thiophene rings is 1. The van der Waals surface area contributed by atoms with Gasteiger partial charge in [-0.1, -0.05) is 49.4 Å². The fraction of sp³-hybridized carbons (Fsp3) is 0.348. The van der Waals surface area contributed by atoms with Gasteiger partial charge < -0.3 is 16.0 Å². The van der Waals surface area contributed by atoms with Crippen LogP contribution in [0.1, 0.15) is 29.3 Å². The molecule has 2 atom stereocenters. The molecule has 28 heavy (non-hydrogen) atoms. The van der Waals surface area contributed by atoms with Crippen LogP contribution in [0.5, 0.6) is 0 Å². The van der Waals surface area contributed by atoms with Crippen LogP contribution < -0.4 is 16.0 Å². The predicted molar refractivity (Wildman–Crippen MR) is 117 cm³/mol. The molecule has 0 fully saturated rings. The van der Waals surface area contributed by atoms with Gasteiger partial charge >= 0.3 is 6.03 Å². The third-order valence-corrected chi connectivity index (χ3v) is 6.57. The average Bonchev–Trinajstić information content (AvgIpc) is 3.14. The first kappa shape index (κ1) is 19.0. The molecule has 5 heteroatoms. The number of urea groups is 1. The van der Waals surface area contributed by atoms with Crippen LogP contribution in [-0.2, 0) is 19.4 Å². The van der Waals surface area contributed by atoms with Crippen LogP contribution in [-0.4, -0.2) is 24.7 Å². The van der Waals surface area contributed by atoms with Crippen molar-refractivity contribution >= 4 is 27.5 Å². The SMILES string of the molecule is CCC(Cc1cc2ccccc2s1)NC(=O)NC[C@@H]1Cc2ccccc2CN1. The third kappa shape index (κ3) is 4.54. The minimum Gasteiger partial charge on any atom is -0.337 e. The summed E-state index contributed by atoms with van der Waals surface area (Å²) in [6.45, 7) is 3.63. The first-order chi connectivity index (χ1) is 13.7. The maximum Gasteiger partial charge on any atom is 0.315 e. The Morgan fingerprint density at radius 3 is 2.79 bits per heavy atom. The van der Waals surface area contributed by atoms with Gasteiger partial charge in [0, 0.05) is 41.2 Å². The Morgan fingerprint density at radius 2 is 1.96 bits per heavy atom. The van der Waals surface area contributed by atoms with Crippen LogP contribution in [0, 0.1) is 0 Å². The number of amides is 2. The molecule has 1 unspecified atom stereocenters. The molecular formula is C23H27N3OS. The van der Waals surface area contributed by atoms with Crippen molar-refractivity contribution in [3.8, 4) is 0 Å². The Labute approximate surface area is 170 Å². The zero-order valence-electron chi connectivity index (χ0n) is 16.2. The number of hydrogen-bond acceptors (Lipinski definition) is 3. The second kappa shape index (κ2) is 8.76. The summed E-state index contributed by atoms with van der Waals surface area (Å²) >= 11 is 1.82. The Hall–Kier alpha value is -2.37. The molecule has 0 aliphatic carbocycles. The standard InChI is InChI=1S/C23H27N3OS/c1-2-19(13-21-12-17-8-5-6-10-22(17)28-21)26-23(27)25-15-20-11-16-7-3-4-9-18(16)14-24-20/h3-10,12,19-20,24H,2,11,13-15H2,1H3,(H2,25,26,27)/t19?,20-/m0/s1.